The monoisotopic (exact) mass is 355 g/mol. The van der Waals surface area contributed by atoms with Crippen molar-refractivity contribution in [3.8, 4) is 5.69 Å². The van der Waals surface area contributed by atoms with Crippen molar-refractivity contribution in [2.45, 2.75) is 32.4 Å². The molecular weight excluding hydrogens is 330 g/mol. The van der Waals surface area contributed by atoms with Crippen LogP contribution < -0.4 is 5.32 Å². The van der Waals surface area contributed by atoms with Crippen LogP contribution in [0.4, 0.5) is 0 Å². The van der Waals surface area contributed by atoms with E-state index in [2.05, 4.69) is 10.4 Å². The van der Waals surface area contributed by atoms with E-state index in [0.717, 1.165) is 30.1 Å². The van der Waals surface area contributed by atoms with E-state index in [9.17, 15) is 4.79 Å². The number of benzene rings is 1. The number of ether oxygens (including phenoxy) is 2. The lowest BCUT2D eigenvalue weighted by molar-refractivity contribution is -0.0809. The molecule has 26 heavy (non-hydrogen) atoms. The minimum Gasteiger partial charge on any atom is -0.384 e. The van der Waals surface area contributed by atoms with Gasteiger partial charge in [-0.25, -0.2) is 4.68 Å². The molecule has 1 amide bonds. The highest BCUT2D eigenvalue weighted by Crippen LogP contribution is 2.43. The lowest BCUT2D eigenvalue weighted by Gasteiger charge is -2.47. The van der Waals surface area contributed by atoms with Gasteiger partial charge in [-0.1, -0.05) is 0 Å². The summed E-state index contributed by atoms with van der Waals surface area (Å²) in [5.74, 6) is 0.611. The Bertz CT molecular complexity index is 799. The Morgan fingerprint density at radius 3 is 2.77 bits per heavy atom. The molecule has 2 heterocycles. The number of hydrogen-bond acceptors (Lipinski definition) is 4. The van der Waals surface area contributed by atoms with Crippen molar-refractivity contribution in [2.75, 3.05) is 20.3 Å². The third kappa shape index (κ3) is 2.93. The Morgan fingerprint density at radius 1 is 1.35 bits per heavy atom. The fourth-order valence-electron chi connectivity index (χ4n) is 4.31. The first-order chi connectivity index (χ1) is 12.6. The van der Waals surface area contributed by atoms with E-state index in [-0.39, 0.29) is 24.0 Å². The second kappa shape index (κ2) is 6.85. The van der Waals surface area contributed by atoms with Crippen LogP contribution in [0.15, 0.2) is 30.3 Å². The first-order valence-corrected chi connectivity index (χ1v) is 9.13. The van der Waals surface area contributed by atoms with Crippen LogP contribution in [0, 0.1) is 25.7 Å². The number of carbonyl (C=O) groups is 1. The number of aryl methyl sites for hydroxylation is 2. The zero-order valence-corrected chi connectivity index (χ0v) is 15.4. The molecule has 1 aliphatic carbocycles. The number of carbonyl (C=O) groups excluding carboxylic acids is 1. The number of methoxy groups -OCH3 is 1. The summed E-state index contributed by atoms with van der Waals surface area (Å²) in [5, 5.41) is 7.67. The SMILES string of the molecule is COC[C@@H]1[C@H](NC(=O)c2ccc(-n3nc(C)cc3C)cc2)[C@@H]2CCO[C@H]12. The number of nitrogens with one attached hydrogen (secondary N) is 1. The van der Waals surface area contributed by atoms with Gasteiger partial charge >= 0.3 is 0 Å². The summed E-state index contributed by atoms with van der Waals surface area (Å²) in [6.07, 6.45) is 1.24. The van der Waals surface area contributed by atoms with Crippen LogP contribution in [-0.4, -0.2) is 48.2 Å². The van der Waals surface area contributed by atoms with Gasteiger partial charge in [0.2, 0.25) is 0 Å². The minimum atomic E-state index is -0.0404. The van der Waals surface area contributed by atoms with Crippen LogP contribution in [0.25, 0.3) is 5.69 Å². The van der Waals surface area contributed by atoms with Gasteiger partial charge in [0.05, 0.1) is 24.1 Å². The first kappa shape index (κ1) is 17.2. The maximum atomic E-state index is 12.7. The van der Waals surface area contributed by atoms with Crippen LogP contribution in [0.3, 0.4) is 0 Å². The van der Waals surface area contributed by atoms with Gasteiger partial charge in [0.15, 0.2) is 0 Å². The molecule has 2 aromatic rings. The molecule has 0 bridgehead atoms. The standard InChI is InChI=1S/C20H25N3O3/c1-12-10-13(2)23(22-12)15-6-4-14(5-7-15)20(24)21-18-16-8-9-26-19(16)17(18)11-25-3/h4-7,10,16-19H,8-9,11H2,1-3H3,(H,21,24)/t16-,17+,18+,19-/m0/s1. The quantitative estimate of drug-likeness (QED) is 0.894. The average Bonchev–Trinajstić information content (AvgIpc) is 3.21. The lowest BCUT2D eigenvalue weighted by atomic mass is 9.67. The highest BCUT2D eigenvalue weighted by molar-refractivity contribution is 5.94. The van der Waals surface area contributed by atoms with E-state index >= 15 is 0 Å². The average molecular weight is 355 g/mol. The first-order valence-electron chi connectivity index (χ1n) is 9.13. The van der Waals surface area contributed by atoms with E-state index in [0.29, 0.717) is 18.1 Å². The van der Waals surface area contributed by atoms with Crippen LogP contribution in [0.1, 0.15) is 28.2 Å². The van der Waals surface area contributed by atoms with Crippen LogP contribution in [0.5, 0.6) is 0 Å². The van der Waals surface area contributed by atoms with Gasteiger partial charge in [-0.05, 0) is 50.6 Å². The second-order valence-corrected chi connectivity index (χ2v) is 7.29. The van der Waals surface area contributed by atoms with Gasteiger partial charge in [-0.2, -0.15) is 5.10 Å². The van der Waals surface area contributed by atoms with Gasteiger partial charge in [0.25, 0.3) is 5.91 Å². The number of hydrogen-bond donors (Lipinski definition) is 1. The Kier molecular flexibility index (Phi) is 4.54. The summed E-state index contributed by atoms with van der Waals surface area (Å²) in [6.45, 7) is 5.38. The number of amides is 1. The topological polar surface area (TPSA) is 65.4 Å². The molecule has 1 aromatic heterocycles. The number of aromatic nitrogens is 2. The van der Waals surface area contributed by atoms with Crippen molar-refractivity contribution in [2.24, 2.45) is 11.8 Å². The smallest absolute Gasteiger partial charge is 0.251 e. The molecule has 4 rings (SSSR count). The Morgan fingerprint density at radius 2 is 2.12 bits per heavy atom. The summed E-state index contributed by atoms with van der Waals surface area (Å²) in [4.78, 5) is 12.7. The lowest BCUT2D eigenvalue weighted by Crippen LogP contribution is -2.62. The molecule has 1 aliphatic heterocycles. The summed E-state index contributed by atoms with van der Waals surface area (Å²) in [5.41, 5.74) is 3.67. The van der Waals surface area contributed by atoms with Crippen molar-refractivity contribution in [1.29, 1.82) is 0 Å². The van der Waals surface area contributed by atoms with Crippen molar-refractivity contribution in [1.82, 2.24) is 15.1 Å². The minimum absolute atomic E-state index is 0.0404. The van der Waals surface area contributed by atoms with E-state index in [4.69, 9.17) is 9.47 Å². The molecule has 0 unspecified atom stereocenters. The van der Waals surface area contributed by atoms with Crippen LogP contribution in [-0.2, 0) is 9.47 Å². The molecule has 1 saturated heterocycles. The van der Waals surface area contributed by atoms with Crippen LogP contribution in [0.2, 0.25) is 0 Å². The normalized spacial score (nSPS) is 27.0. The number of nitrogens with zero attached hydrogens (tertiary/aromatic N) is 2. The van der Waals surface area contributed by atoms with Gasteiger partial charge in [0, 0.05) is 42.9 Å². The summed E-state index contributed by atoms with van der Waals surface area (Å²) in [6, 6.07) is 9.74. The fourth-order valence-corrected chi connectivity index (χ4v) is 4.31. The van der Waals surface area contributed by atoms with E-state index in [1.54, 1.807) is 7.11 Å². The zero-order valence-electron chi connectivity index (χ0n) is 15.4. The highest BCUT2D eigenvalue weighted by atomic mass is 16.5. The zero-order chi connectivity index (χ0) is 18.3. The van der Waals surface area contributed by atoms with Gasteiger partial charge in [-0.3, -0.25) is 4.79 Å². The third-order valence-electron chi connectivity index (χ3n) is 5.57. The number of fused-ring (bicyclic) bond motifs is 1. The Labute approximate surface area is 153 Å². The largest absolute Gasteiger partial charge is 0.384 e. The molecule has 1 saturated carbocycles. The molecule has 0 radical (unpaired) electrons. The fraction of sp³-hybridized carbons (Fsp3) is 0.500. The summed E-state index contributed by atoms with van der Waals surface area (Å²) >= 11 is 0. The van der Waals surface area contributed by atoms with Crippen molar-refractivity contribution in [3.05, 3.63) is 47.3 Å². The molecule has 6 heteroatoms. The molecule has 6 nitrogen and oxygen atoms in total. The predicted molar refractivity (Wildman–Crippen MR) is 97.5 cm³/mol. The predicted octanol–water partition coefficient (Wildman–Crippen LogP) is 2.27. The Balaban J connectivity index is 1.46. The molecule has 1 N–H and O–H groups in total. The molecule has 4 atom stereocenters. The van der Waals surface area contributed by atoms with E-state index in [1.165, 1.54) is 0 Å². The Hall–Kier alpha value is -2.18. The molecule has 2 aliphatic rings. The summed E-state index contributed by atoms with van der Waals surface area (Å²) in [7, 11) is 1.69. The van der Waals surface area contributed by atoms with Crippen molar-refractivity contribution < 1.29 is 14.3 Å². The van der Waals surface area contributed by atoms with E-state index in [1.807, 2.05) is 48.9 Å². The molecule has 2 fully saturated rings. The van der Waals surface area contributed by atoms with Gasteiger partial charge < -0.3 is 14.8 Å². The van der Waals surface area contributed by atoms with Crippen molar-refractivity contribution >= 4 is 5.91 Å². The van der Waals surface area contributed by atoms with Crippen molar-refractivity contribution in [3.63, 3.8) is 0 Å². The molecule has 1 aromatic carbocycles. The van der Waals surface area contributed by atoms with Crippen LogP contribution >= 0.6 is 0 Å². The summed E-state index contributed by atoms with van der Waals surface area (Å²) < 4.78 is 13.0. The van der Waals surface area contributed by atoms with Gasteiger partial charge in [-0.15, -0.1) is 0 Å². The third-order valence-corrected chi connectivity index (χ3v) is 5.57. The van der Waals surface area contributed by atoms with E-state index < -0.39 is 0 Å². The number of rotatable bonds is 5. The molecular formula is C20H25N3O3. The maximum absolute atomic E-state index is 12.7. The van der Waals surface area contributed by atoms with Gasteiger partial charge in [0.1, 0.15) is 0 Å². The second-order valence-electron chi connectivity index (χ2n) is 7.29. The molecule has 138 valence electrons. The molecule has 0 spiro atoms. The highest BCUT2D eigenvalue weighted by Gasteiger charge is 2.54. The maximum Gasteiger partial charge on any atom is 0.251 e.